The first kappa shape index (κ1) is 10.5. The molecular formula is C8H12F3NO. The van der Waals surface area contributed by atoms with Crippen LogP contribution in [0.25, 0.3) is 0 Å². The van der Waals surface area contributed by atoms with Gasteiger partial charge >= 0.3 is 6.05 Å². The van der Waals surface area contributed by atoms with Gasteiger partial charge in [0.2, 0.25) is 0 Å². The largest absolute Gasteiger partial charge is 0.376 e. The van der Waals surface area contributed by atoms with Gasteiger partial charge in [-0.2, -0.15) is 8.78 Å². The fourth-order valence-electron chi connectivity index (χ4n) is 1.25. The van der Waals surface area contributed by atoms with Crippen molar-refractivity contribution < 1.29 is 17.9 Å². The molecule has 1 saturated heterocycles. The van der Waals surface area contributed by atoms with E-state index < -0.39 is 11.9 Å². The molecule has 0 aromatic heterocycles. The van der Waals surface area contributed by atoms with E-state index >= 15 is 0 Å². The number of morpholine rings is 1. The van der Waals surface area contributed by atoms with Crippen molar-refractivity contribution >= 4 is 0 Å². The standard InChI is InChI=1S/C8H12F3NO/c1-6-5-12(3-4-13-6)8(10,11)7(2)9/h6H,2-5H2,1H3. The molecule has 1 rings (SSSR count). The Labute approximate surface area is 75.0 Å². The van der Waals surface area contributed by atoms with Crippen molar-refractivity contribution in [2.75, 3.05) is 19.7 Å². The van der Waals surface area contributed by atoms with E-state index in [2.05, 4.69) is 6.58 Å². The Bertz CT molecular complexity index is 208. The SMILES string of the molecule is C=C(F)C(F)(F)N1CCOC(C)C1. The fraction of sp³-hybridized carbons (Fsp3) is 0.750. The van der Waals surface area contributed by atoms with E-state index in [0.717, 1.165) is 4.90 Å². The summed E-state index contributed by atoms with van der Waals surface area (Å²) in [5, 5.41) is 0. The number of alkyl halides is 2. The van der Waals surface area contributed by atoms with Crippen LogP contribution < -0.4 is 0 Å². The molecule has 5 heteroatoms. The molecule has 13 heavy (non-hydrogen) atoms. The Balaban J connectivity index is 2.64. The molecule has 0 N–H and O–H groups in total. The van der Waals surface area contributed by atoms with E-state index in [4.69, 9.17) is 4.74 Å². The second-order valence-corrected chi connectivity index (χ2v) is 3.07. The molecular weight excluding hydrogens is 183 g/mol. The quantitative estimate of drug-likeness (QED) is 0.623. The summed E-state index contributed by atoms with van der Waals surface area (Å²) >= 11 is 0. The van der Waals surface area contributed by atoms with Crippen LogP contribution in [0.4, 0.5) is 13.2 Å². The lowest BCUT2D eigenvalue weighted by atomic mass is 10.3. The van der Waals surface area contributed by atoms with Gasteiger partial charge in [0.05, 0.1) is 12.7 Å². The van der Waals surface area contributed by atoms with Crippen molar-refractivity contribution in [3.05, 3.63) is 12.4 Å². The number of nitrogens with zero attached hydrogens (tertiary/aromatic N) is 1. The number of hydrogen-bond acceptors (Lipinski definition) is 2. The van der Waals surface area contributed by atoms with Crippen molar-refractivity contribution in [1.82, 2.24) is 4.90 Å². The summed E-state index contributed by atoms with van der Waals surface area (Å²) in [6.07, 6.45) is -0.293. The molecule has 1 heterocycles. The number of hydrogen-bond donors (Lipinski definition) is 0. The maximum absolute atomic E-state index is 13.0. The normalized spacial score (nSPS) is 26.0. The Morgan fingerprint density at radius 2 is 2.23 bits per heavy atom. The van der Waals surface area contributed by atoms with Gasteiger partial charge < -0.3 is 4.74 Å². The lowest BCUT2D eigenvalue weighted by molar-refractivity contribution is -0.170. The van der Waals surface area contributed by atoms with Crippen LogP contribution in [0.5, 0.6) is 0 Å². The summed E-state index contributed by atoms with van der Waals surface area (Å²) in [5.41, 5.74) is 0. The molecule has 1 atom stereocenters. The molecule has 1 aliphatic heterocycles. The minimum Gasteiger partial charge on any atom is -0.376 e. The maximum Gasteiger partial charge on any atom is 0.357 e. The Kier molecular flexibility index (Phi) is 2.98. The fourth-order valence-corrected chi connectivity index (χ4v) is 1.25. The molecule has 1 fully saturated rings. The molecule has 0 spiro atoms. The van der Waals surface area contributed by atoms with Gasteiger partial charge in [0.1, 0.15) is 0 Å². The first-order valence-corrected chi connectivity index (χ1v) is 4.04. The second-order valence-electron chi connectivity index (χ2n) is 3.07. The third-order valence-electron chi connectivity index (χ3n) is 1.96. The molecule has 0 aromatic rings. The minimum atomic E-state index is -3.56. The zero-order chi connectivity index (χ0) is 10.1. The van der Waals surface area contributed by atoms with Crippen LogP contribution in [0.3, 0.4) is 0 Å². The highest BCUT2D eigenvalue weighted by Gasteiger charge is 2.42. The number of ether oxygens (including phenoxy) is 1. The van der Waals surface area contributed by atoms with E-state index in [9.17, 15) is 13.2 Å². The highest BCUT2D eigenvalue weighted by atomic mass is 19.3. The zero-order valence-electron chi connectivity index (χ0n) is 7.40. The van der Waals surface area contributed by atoms with Crippen LogP contribution in [-0.2, 0) is 4.74 Å². The summed E-state index contributed by atoms with van der Waals surface area (Å²) in [4.78, 5) is 0.740. The van der Waals surface area contributed by atoms with E-state index in [1.54, 1.807) is 6.92 Å². The molecule has 2 nitrogen and oxygen atoms in total. The van der Waals surface area contributed by atoms with Gasteiger partial charge in [0, 0.05) is 13.1 Å². The van der Waals surface area contributed by atoms with Crippen LogP contribution in [0.2, 0.25) is 0 Å². The van der Waals surface area contributed by atoms with E-state index in [0.29, 0.717) is 0 Å². The first-order valence-electron chi connectivity index (χ1n) is 4.04. The molecule has 0 radical (unpaired) electrons. The number of halogens is 3. The van der Waals surface area contributed by atoms with Crippen molar-refractivity contribution in [1.29, 1.82) is 0 Å². The van der Waals surface area contributed by atoms with Gasteiger partial charge in [-0.1, -0.05) is 6.58 Å². The van der Waals surface area contributed by atoms with Gasteiger partial charge in [-0.05, 0) is 6.92 Å². The van der Waals surface area contributed by atoms with Gasteiger partial charge in [0.25, 0.3) is 0 Å². The Hall–Kier alpha value is -0.550. The number of rotatable bonds is 2. The van der Waals surface area contributed by atoms with Crippen molar-refractivity contribution in [2.24, 2.45) is 0 Å². The molecule has 0 aliphatic carbocycles. The minimum absolute atomic E-state index is 0.0238. The highest BCUT2D eigenvalue weighted by molar-refractivity contribution is 4.97. The summed E-state index contributed by atoms with van der Waals surface area (Å²) in [6, 6.07) is -3.56. The van der Waals surface area contributed by atoms with E-state index in [-0.39, 0.29) is 25.8 Å². The lowest BCUT2D eigenvalue weighted by Gasteiger charge is -2.35. The molecule has 76 valence electrons. The summed E-state index contributed by atoms with van der Waals surface area (Å²) in [7, 11) is 0. The topological polar surface area (TPSA) is 12.5 Å². The van der Waals surface area contributed by atoms with Gasteiger partial charge in [-0.15, -0.1) is 0 Å². The van der Waals surface area contributed by atoms with Gasteiger partial charge in [-0.3, -0.25) is 0 Å². The molecule has 0 aromatic carbocycles. The van der Waals surface area contributed by atoms with Crippen LogP contribution >= 0.6 is 0 Å². The molecule has 0 saturated carbocycles. The average molecular weight is 195 g/mol. The summed E-state index contributed by atoms with van der Waals surface area (Å²) in [5.74, 6) is -1.61. The van der Waals surface area contributed by atoms with Crippen LogP contribution in [-0.4, -0.2) is 36.7 Å². The smallest absolute Gasteiger partial charge is 0.357 e. The molecule has 1 aliphatic rings. The average Bonchev–Trinajstić information content (AvgIpc) is 2.04. The predicted octanol–water partition coefficient (Wildman–Crippen LogP) is 1.78. The molecule has 0 bridgehead atoms. The maximum atomic E-state index is 13.0. The third-order valence-corrected chi connectivity index (χ3v) is 1.96. The third kappa shape index (κ3) is 2.22. The Morgan fingerprint density at radius 1 is 1.62 bits per heavy atom. The first-order chi connectivity index (χ1) is 5.94. The molecule has 1 unspecified atom stereocenters. The highest BCUT2D eigenvalue weighted by Crippen LogP contribution is 2.29. The molecule has 0 amide bonds. The summed E-state index contributed by atoms with van der Waals surface area (Å²) < 4.78 is 43.4. The second kappa shape index (κ2) is 3.67. The van der Waals surface area contributed by atoms with Crippen LogP contribution in [0.1, 0.15) is 6.92 Å². The van der Waals surface area contributed by atoms with Gasteiger partial charge in [-0.25, -0.2) is 9.29 Å². The van der Waals surface area contributed by atoms with Crippen molar-refractivity contribution in [3.63, 3.8) is 0 Å². The van der Waals surface area contributed by atoms with Crippen molar-refractivity contribution in [3.8, 4) is 0 Å². The van der Waals surface area contributed by atoms with Crippen molar-refractivity contribution in [2.45, 2.75) is 19.1 Å². The van der Waals surface area contributed by atoms with E-state index in [1.807, 2.05) is 0 Å². The van der Waals surface area contributed by atoms with Gasteiger partial charge in [0.15, 0.2) is 5.83 Å². The Morgan fingerprint density at radius 3 is 2.69 bits per heavy atom. The van der Waals surface area contributed by atoms with Crippen LogP contribution in [0, 0.1) is 0 Å². The van der Waals surface area contributed by atoms with E-state index in [1.165, 1.54) is 0 Å². The predicted molar refractivity (Wildman–Crippen MR) is 42.2 cm³/mol. The van der Waals surface area contributed by atoms with Crippen LogP contribution in [0.15, 0.2) is 12.4 Å². The lowest BCUT2D eigenvalue weighted by Crippen LogP contribution is -2.51. The zero-order valence-corrected chi connectivity index (χ0v) is 7.40. The summed E-state index contributed by atoms with van der Waals surface area (Å²) in [6.45, 7) is 4.55. The monoisotopic (exact) mass is 195 g/mol.